The predicted molar refractivity (Wildman–Crippen MR) is 86.9 cm³/mol. The molecule has 1 aromatic heterocycles. The summed E-state index contributed by atoms with van der Waals surface area (Å²) in [5.74, 6) is 0.903. The third-order valence-corrected chi connectivity index (χ3v) is 2.60. The molecule has 2 rings (SSSR count). The van der Waals surface area contributed by atoms with Crippen LogP contribution < -0.4 is 4.74 Å². The van der Waals surface area contributed by atoms with Crippen molar-refractivity contribution in [2.24, 2.45) is 0 Å². The number of rotatable bonds is 4. The van der Waals surface area contributed by atoms with E-state index in [4.69, 9.17) is 4.74 Å². The van der Waals surface area contributed by atoms with Crippen LogP contribution in [-0.4, -0.2) is 11.6 Å². The molecule has 0 spiro atoms. The SMILES string of the molecule is C=C/C=C\c1cc2cc(C)[nH]c2cc1OCC.CC.[HH]. The zero-order chi connectivity index (χ0) is 14.3. The zero-order valence-corrected chi connectivity index (χ0v) is 12.3. The molecule has 0 fully saturated rings. The van der Waals surface area contributed by atoms with Crippen LogP contribution in [-0.2, 0) is 0 Å². The van der Waals surface area contributed by atoms with Crippen molar-refractivity contribution in [3.05, 3.63) is 48.2 Å². The lowest BCUT2D eigenvalue weighted by atomic mass is 10.1. The first kappa shape index (κ1) is 15.1. The number of nitrogens with one attached hydrogen (secondary N) is 1. The molecular formula is C17H25NO. The van der Waals surface area contributed by atoms with Gasteiger partial charge in [0.15, 0.2) is 0 Å². The highest BCUT2D eigenvalue weighted by atomic mass is 16.5. The second-order valence-corrected chi connectivity index (χ2v) is 3.96. The standard InChI is InChI=1S/C15H17NO.C2H6.H2/c1-4-6-7-12-9-13-8-11(3)16-14(13)10-15(12)17-5-2;1-2;/h4,6-10,16H,1,5H2,2-3H3;1-2H3;1H/b7-6-;;. The van der Waals surface area contributed by atoms with Crippen LogP contribution in [0.2, 0.25) is 0 Å². The lowest BCUT2D eigenvalue weighted by Gasteiger charge is -2.07. The summed E-state index contributed by atoms with van der Waals surface area (Å²) >= 11 is 0. The zero-order valence-electron chi connectivity index (χ0n) is 12.3. The van der Waals surface area contributed by atoms with Gasteiger partial charge < -0.3 is 9.72 Å². The van der Waals surface area contributed by atoms with E-state index in [2.05, 4.69) is 36.7 Å². The lowest BCUT2D eigenvalue weighted by molar-refractivity contribution is 0.340. The smallest absolute Gasteiger partial charge is 0.128 e. The maximum absolute atomic E-state index is 5.65. The van der Waals surface area contributed by atoms with E-state index in [9.17, 15) is 0 Å². The summed E-state index contributed by atoms with van der Waals surface area (Å²) in [6.07, 6.45) is 5.70. The molecule has 0 unspecified atom stereocenters. The van der Waals surface area contributed by atoms with Crippen molar-refractivity contribution in [2.75, 3.05) is 6.61 Å². The first-order valence-corrected chi connectivity index (χ1v) is 6.80. The van der Waals surface area contributed by atoms with Crippen molar-refractivity contribution in [1.82, 2.24) is 4.98 Å². The molecule has 2 aromatic rings. The van der Waals surface area contributed by atoms with Gasteiger partial charge in [0.1, 0.15) is 5.75 Å². The average Bonchev–Trinajstić information content (AvgIpc) is 2.78. The summed E-state index contributed by atoms with van der Waals surface area (Å²) in [6, 6.07) is 6.31. The van der Waals surface area contributed by atoms with Crippen molar-refractivity contribution in [3.63, 3.8) is 0 Å². The van der Waals surface area contributed by atoms with Crippen LogP contribution in [0.4, 0.5) is 0 Å². The number of hydrogen-bond donors (Lipinski definition) is 1. The van der Waals surface area contributed by atoms with Crippen LogP contribution in [0.1, 0.15) is 33.5 Å². The van der Waals surface area contributed by atoms with Crippen LogP contribution in [0.5, 0.6) is 5.75 Å². The quantitative estimate of drug-likeness (QED) is 0.736. The van der Waals surface area contributed by atoms with E-state index in [1.165, 1.54) is 5.39 Å². The number of ether oxygens (including phenoxy) is 1. The molecule has 0 amide bonds. The monoisotopic (exact) mass is 259 g/mol. The molecule has 1 heterocycles. The number of hydrogen-bond acceptors (Lipinski definition) is 1. The normalized spacial score (nSPS) is 10.3. The van der Waals surface area contributed by atoms with E-state index in [0.29, 0.717) is 6.61 Å². The summed E-state index contributed by atoms with van der Waals surface area (Å²) in [6.45, 7) is 12.4. The van der Waals surface area contributed by atoms with Crippen molar-refractivity contribution in [3.8, 4) is 5.75 Å². The second-order valence-electron chi connectivity index (χ2n) is 3.96. The van der Waals surface area contributed by atoms with E-state index in [0.717, 1.165) is 22.5 Å². The predicted octanol–water partition coefficient (Wildman–Crippen LogP) is 5.35. The minimum atomic E-state index is 0. The first-order chi connectivity index (χ1) is 9.24. The van der Waals surface area contributed by atoms with Gasteiger partial charge in [-0.3, -0.25) is 0 Å². The van der Waals surface area contributed by atoms with Gasteiger partial charge in [0.05, 0.1) is 6.61 Å². The molecule has 1 aromatic carbocycles. The maximum Gasteiger partial charge on any atom is 0.128 e. The Morgan fingerprint density at radius 3 is 2.68 bits per heavy atom. The van der Waals surface area contributed by atoms with Crippen molar-refractivity contribution in [2.45, 2.75) is 27.7 Å². The topological polar surface area (TPSA) is 25.0 Å². The Morgan fingerprint density at radius 2 is 2.05 bits per heavy atom. The van der Waals surface area contributed by atoms with E-state index >= 15 is 0 Å². The molecule has 2 heteroatoms. The fraction of sp³-hybridized carbons (Fsp3) is 0.294. The van der Waals surface area contributed by atoms with E-state index in [1.807, 2.05) is 32.9 Å². The summed E-state index contributed by atoms with van der Waals surface area (Å²) < 4.78 is 5.65. The molecule has 0 atom stereocenters. The third-order valence-electron chi connectivity index (χ3n) is 2.60. The Balaban J connectivity index is 0.00000115. The van der Waals surface area contributed by atoms with Gasteiger partial charge in [-0.2, -0.15) is 0 Å². The Labute approximate surface area is 117 Å². The van der Waals surface area contributed by atoms with Crippen molar-refractivity contribution < 1.29 is 6.16 Å². The molecule has 0 radical (unpaired) electrons. The Morgan fingerprint density at radius 1 is 1.32 bits per heavy atom. The first-order valence-electron chi connectivity index (χ1n) is 6.80. The molecule has 0 aliphatic heterocycles. The van der Waals surface area contributed by atoms with Crippen LogP contribution >= 0.6 is 0 Å². The van der Waals surface area contributed by atoms with Gasteiger partial charge in [0.2, 0.25) is 0 Å². The highest BCUT2D eigenvalue weighted by molar-refractivity contribution is 5.85. The summed E-state index contributed by atoms with van der Waals surface area (Å²) in [4.78, 5) is 3.32. The number of aromatic nitrogens is 1. The lowest BCUT2D eigenvalue weighted by Crippen LogP contribution is -1.93. The second kappa shape index (κ2) is 7.47. The molecule has 0 aliphatic rings. The molecule has 0 saturated heterocycles. The maximum atomic E-state index is 5.65. The Kier molecular flexibility index (Phi) is 5.94. The highest BCUT2D eigenvalue weighted by Gasteiger charge is 2.05. The molecule has 19 heavy (non-hydrogen) atoms. The van der Waals surface area contributed by atoms with Gasteiger partial charge in [-0.25, -0.2) is 0 Å². The van der Waals surface area contributed by atoms with Crippen LogP contribution in [0.15, 0.2) is 36.9 Å². The van der Waals surface area contributed by atoms with Gasteiger partial charge in [0.25, 0.3) is 0 Å². The highest BCUT2D eigenvalue weighted by Crippen LogP contribution is 2.27. The molecule has 0 bridgehead atoms. The fourth-order valence-corrected chi connectivity index (χ4v) is 1.91. The third kappa shape index (κ3) is 3.75. The van der Waals surface area contributed by atoms with E-state index < -0.39 is 0 Å². The number of fused-ring (bicyclic) bond motifs is 1. The van der Waals surface area contributed by atoms with Gasteiger partial charge in [0, 0.05) is 29.7 Å². The molecular weight excluding hydrogens is 234 g/mol. The van der Waals surface area contributed by atoms with Gasteiger partial charge >= 0.3 is 0 Å². The van der Waals surface area contributed by atoms with Crippen molar-refractivity contribution in [1.29, 1.82) is 0 Å². The van der Waals surface area contributed by atoms with Crippen LogP contribution in [0, 0.1) is 6.92 Å². The van der Waals surface area contributed by atoms with E-state index in [-0.39, 0.29) is 1.43 Å². The number of allylic oxidation sites excluding steroid dienone is 2. The average molecular weight is 259 g/mol. The number of aromatic amines is 1. The van der Waals surface area contributed by atoms with Crippen molar-refractivity contribution >= 4 is 17.0 Å². The minimum absolute atomic E-state index is 0. The fourth-order valence-electron chi connectivity index (χ4n) is 1.91. The van der Waals surface area contributed by atoms with Gasteiger partial charge in [-0.05, 0) is 26.0 Å². The molecule has 104 valence electrons. The Hall–Kier alpha value is -1.96. The largest absolute Gasteiger partial charge is 0.493 e. The van der Waals surface area contributed by atoms with E-state index in [1.54, 1.807) is 6.08 Å². The summed E-state index contributed by atoms with van der Waals surface area (Å²) in [5, 5.41) is 1.20. The Bertz CT molecular complexity index is 570. The minimum Gasteiger partial charge on any atom is -0.493 e. The molecule has 1 N–H and O–H groups in total. The number of benzene rings is 1. The molecule has 2 nitrogen and oxygen atoms in total. The van der Waals surface area contributed by atoms with Crippen LogP contribution in [0.3, 0.4) is 0 Å². The van der Waals surface area contributed by atoms with Crippen LogP contribution in [0.25, 0.3) is 17.0 Å². The number of aryl methyl sites for hydroxylation is 1. The molecule has 0 saturated carbocycles. The summed E-state index contributed by atoms with van der Waals surface area (Å²) in [7, 11) is 0. The number of H-pyrrole nitrogens is 1. The molecule has 0 aliphatic carbocycles. The van der Waals surface area contributed by atoms with Gasteiger partial charge in [-0.1, -0.05) is 38.7 Å². The van der Waals surface area contributed by atoms with Gasteiger partial charge in [-0.15, -0.1) is 0 Å². The summed E-state index contributed by atoms with van der Waals surface area (Å²) in [5.41, 5.74) is 3.35.